The molecule has 1 aliphatic heterocycles. The van der Waals surface area contributed by atoms with Crippen LogP contribution in [0.1, 0.15) is 45.4 Å². The largest absolute Gasteiger partial charge is 0.378 e. The summed E-state index contributed by atoms with van der Waals surface area (Å²) in [5.74, 6) is 0. The summed E-state index contributed by atoms with van der Waals surface area (Å²) in [5.41, 5.74) is 0. The normalized spacial score (nSPS) is 24.9. The van der Waals surface area contributed by atoms with Crippen LogP contribution in [0.3, 0.4) is 0 Å². The van der Waals surface area contributed by atoms with Crippen LogP contribution in [0.15, 0.2) is 0 Å². The van der Waals surface area contributed by atoms with Crippen molar-refractivity contribution in [3.05, 3.63) is 0 Å². The zero-order valence-corrected chi connectivity index (χ0v) is 9.01. The van der Waals surface area contributed by atoms with Gasteiger partial charge < -0.3 is 10.1 Å². The highest BCUT2D eigenvalue weighted by Crippen LogP contribution is 2.18. The van der Waals surface area contributed by atoms with E-state index in [0.29, 0.717) is 12.1 Å². The molecule has 0 aromatic heterocycles. The molecular formula is C11H23NO. The van der Waals surface area contributed by atoms with E-state index in [1.807, 2.05) is 7.05 Å². The zero-order valence-electron chi connectivity index (χ0n) is 9.01. The summed E-state index contributed by atoms with van der Waals surface area (Å²) in [5, 5.41) is 3.26. The molecule has 2 atom stereocenters. The number of hydrogen-bond acceptors (Lipinski definition) is 2. The Hall–Kier alpha value is -0.0800. The molecule has 2 unspecified atom stereocenters. The van der Waals surface area contributed by atoms with Crippen LogP contribution in [-0.2, 0) is 4.74 Å². The Bertz CT molecular complexity index is 121. The molecular weight excluding hydrogens is 162 g/mol. The highest BCUT2D eigenvalue weighted by molar-refractivity contribution is 4.65. The molecule has 2 heteroatoms. The Morgan fingerprint density at radius 2 is 2.31 bits per heavy atom. The number of ether oxygens (including phenoxy) is 1. The molecule has 2 nitrogen and oxygen atoms in total. The van der Waals surface area contributed by atoms with E-state index in [4.69, 9.17) is 4.74 Å². The van der Waals surface area contributed by atoms with Crippen LogP contribution in [0.5, 0.6) is 0 Å². The van der Waals surface area contributed by atoms with Crippen molar-refractivity contribution in [3.63, 3.8) is 0 Å². The van der Waals surface area contributed by atoms with Crippen molar-refractivity contribution in [2.45, 2.75) is 57.6 Å². The Balaban J connectivity index is 1.88. The Kier molecular flexibility index (Phi) is 5.40. The van der Waals surface area contributed by atoms with Gasteiger partial charge in [-0.2, -0.15) is 0 Å². The second-order valence-electron chi connectivity index (χ2n) is 4.11. The molecule has 78 valence electrons. The number of unbranched alkanes of at least 4 members (excludes halogenated alkanes) is 1. The van der Waals surface area contributed by atoms with E-state index < -0.39 is 0 Å². The second-order valence-corrected chi connectivity index (χ2v) is 4.11. The molecule has 1 heterocycles. The Morgan fingerprint density at radius 3 is 2.92 bits per heavy atom. The van der Waals surface area contributed by atoms with Gasteiger partial charge in [-0.3, -0.25) is 0 Å². The van der Waals surface area contributed by atoms with Crippen molar-refractivity contribution in [2.24, 2.45) is 0 Å². The average molecular weight is 185 g/mol. The lowest BCUT2D eigenvalue weighted by Gasteiger charge is -2.11. The van der Waals surface area contributed by atoms with Gasteiger partial charge in [0.25, 0.3) is 0 Å². The molecule has 1 rings (SSSR count). The smallest absolute Gasteiger partial charge is 0.0576 e. The molecule has 1 fully saturated rings. The van der Waals surface area contributed by atoms with Gasteiger partial charge in [0, 0.05) is 12.6 Å². The monoisotopic (exact) mass is 185 g/mol. The first kappa shape index (κ1) is 11.0. The van der Waals surface area contributed by atoms with Crippen LogP contribution in [0.25, 0.3) is 0 Å². The van der Waals surface area contributed by atoms with E-state index in [0.717, 1.165) is 6.61 Å². The van der Waals surface area contributed by atoms with Gasteiger partial charge in [-0.05, 0) is 39.7 Å². The van der Waals surface area contributed by atoms with Crippen LogP contribution in [-0.4, -0.2) is 25.8 Å². The lowest BCUT2D eigenvalue weighted by molar-refractivity contribution is 0.102. The number of rotatable bonds is 6. The van der Waals surface area contributed by atoms with Gasteiger partial charge in [0.2, 0.25) is 0 Å². The molecule has 1 saturated heterocycles. The van der Waals surface area contributed by atoms with Crippen molar-refractivity contribution >= 4 is 0 Å². The summed E-state index contributed by atoms with van der Waals surface area (Å²) >= 11 is 0. The molecule has 0 bridgehead atoms. The minimum atomic E-state index is 0.588. The maximum Gasteiger partial charge on any atom is 0.0576 e. The van der Waals surface area contributed by atoms with E-state index in [2.05, 4.69) is 12.2 Å². The predicted molar refractivity (Wildman–Crippen MR) is 56.0 cm³/mol. The summed E-state index contributed by atoms with van der Waals surface area (Å²) < 4.78 is 5.57. The van der Waals surface area contributed by atoms with Gasteiger partial charge in [-0.1, -0.05) is 12.8 Å². The SMILES string of the molecule is CNC(C)CCCCC1CCCO1. The highest BCUT2D eigenvalue weighted by atomic mass is 16.5. The van der Waals surface area contributed by atoms with Crippen molar-refractivity contribution in [2.75, 3.05) is 13.7 Å². The van der Waals surface area contributed by atoms with Crippen LogP contribution < -0.4 is 5.32 Å². The standard InChI is InChI=1S/C11H23NO/c1-10(12-2)6-3-4-7-11-8-5-9-13-11/h10-12H,3-9H2,1-2H3. The molecule has 0 aromatic carbocycles. The summed E-state index contributed by atoms with van der Waals surface area (Å²) in [4.78, 5) is 0. The molecule has 0 aromatic rings. The molecule has 13 heavy (non-hydrogen) atoms. The van der Waals surface area contributed by atoms with Gasteiger partial charge in [-0.25, -0.2) is 0 Å². The van der Waals surface area contributed by atoms with Crippen LogP contribution in [0, 0.1) is 0 Å². The lowest BCUT2D eigenvalue weighted by Crippen LogP contribution is -2.20. The third-order valence-electron chi connectivity index (χ3n) is 2.93. The Labute approximate surface area is 82.0 Å². The van der Waals surface area contributed by atoms with Gasteiger partial charge in [0.1, 0.15) is 0 Å². The molecule has 0 saturated carbocycles. The molecule has 0 radical (unpaired) electrons. The maximum absolute atomic E-state index is 5.57. The van der Waals surface area contributed by atoms with Crippen molar-refractivity contribution in [1.82, 2.24) is 5.32 Å². The summed E-state index contributed by atoms with van der Waals surface area (Å²) in [6.07, 6.45) is 8.39. The maximum atomic E-state index is 5.57. The quantitative estimate of drug-likeness (QED) is 0.641. The van der Waals surface area contributed by atoms with Crippen LogP contribution >= 0.6 is 0 Å². The van der Waals surface area contributed by atoms with Gasteiger partial charge in [0.15, 0.2) is 0 Å². The highest BCUT2D eigenvalue weighted by Gasteiger charge is 2.14. The van der Waals surface area contributed by atoms with Gasteiger partial charge in [0.05, 0.1) is 6.10 Å². The van der Waals surface area contributed by atoms with Crippen molar-refractivity contribution in [3.8, 4) is 0 Å². The van der Waals surface area contributed by atoms with E-state index in [-0.39, 0.29) is 0 Å². The van der Waals surface area contributed by atoms with Crippen LogP contribution in [0.2, 0.25) is 0 Å². The first-order chi connectivity index (χ1) is 6.33. The fraction of sp³-hybridized carbons (Fsp3) is 1.00. The van der Waals surface area contributed by atoms with Gasteiger partial charge in [-0.15, -0.1) is 0 Å². The minimum absolute atomic E-state index is 0.588. The summed E-state index contributed by atoms with van der Waals surface area (Å²) in [6.45, 7) is 3.24. The van der Waals surface area contributed by atoms with E-state index >= 15 is 0 Å². The van der Waals surface area contributed by atoms with E-state index in [1.165, 1.54) is 38.5 Å². The topological polar surface area (TPSA) is 21.3 Å². The summed E-state index contributed by atoms with van der Waals surface area (Å²) in [7, 11) is 2.03. The van der Waals surface area contributed by atoms with Crippen molar-refractivity contribution < 1.29 is 4.74 Å². The summed E-state index contributed by atoms with van der Waals surface area (Å²) in [6, 6.07) is 0.671. The van der Waals surface area contributed by atoms with Gasteiger partial charge >= 0.3 is 0 Å². The third kappa shape index (κ3) is 4.63. The predicted octanol–water partition coefficient (Wildman–Crippen LogP) is 2.33. The zero-order chi connectivity index (χ0) is 9.52. The van der Waals surface area contributed by atoms with Crippen molar-refractivity contribution in [1.29, 1.82) is 0 Å². The van der Waals surface area contributed by atoms with E-state index in [1.54, 1.807) is 0 Å². The first-order valence-electron chi connectivity index (χ1n) is 5.62. The molecule has 0 amide bonds. The number of nitrogens with one attached hydrogen (secondary N) is 1. The van der Waals surface area contributed by atoms with E-state index in [9.17, 15) is 0 Å². The average Bonchev–Trinajstić information content (AvgIpc) is 2.64. The Morgan fingerprint density at radius 1 is 1.46 bits per heavy atom. The molecule has 1 N–H and O–H groups in total. The van der Waals surface area contributed by atoms with Crippen LogP contribution in [0.4, 0.5) is 0 Å². The molecule has 0 aliphatic carbocycles. The lowest BCUT2D eigenvalue weighted by atomic mass is 10.1. The fourth-order valence-electron chi connectivity index (χ4n) is 1.84. The fourth-order valence-corrected chi connectivity index (χ4v) is 1.84. The molecule has 0 spiro atoms. The molecule has 1 aliphatic rings. The second kappa shape index (κ2) is 6.39. The number of hydrogen-bond donors (Lipinski definition) is 1. The first-order valence-corrected chi connectivity index (χ1v) is 5.62. The third-order valence-corrected chi connectivity index (χ3v) is 2.93. The minimum Gasteiger partial charge on any atom is -0.378 e.